The molecule has 88 valence electrons. The van der Waals surface area contributed by atoms with Crippen LogP contribution in [0.2, 0.25) is 0 Å². The molecule has 0 aromatic heterocycles. The zero-order valence-corrected chi connectivity index (χ0v) is 10.9. The van der Waals surface area contributed by atoms with Gasteiger partial charge in [0.25, 0.3) is 0 Å². The minimum Gasteiger partial charge on any atom is -0.315 e. The molecule has 0 saturated heterocycles. The highest BCUT2D eigenvalue weighted by Crippen LogP contribution is 2.46. The molecular formula is C13H25NS. The van der Waals surface area contributed by atoms with E-state index in [0.717, 1.165) is 5.92 Å². The third kappa shape index (κ3) is 3.67. The molecule has 0 bridgehead atoms. The van der Waals surface area contributed by atoms with Crippen LogP contribution >= 0.6 is 11.8 Å². The number of hydrogen-bond acceptors (Lipinski definition) is 2. The summed E-state index contributed by atoms with van der Waals surface area (Å²) < 4.78 is 0.645. The molecule has 0 aromatic rings. The maximum Gasteiger partial charge on any atom is 0.0282 e. The standard InChI is InChI=1S/C13H25NS/c1-15-13(8-9-13)11-14-10-7-12-5-3-2-4-6-12/h12,14H,2-11H2,1H3. The zero-order chi connectivity index (χ0) is 10.6. The van der Waals surface area contributed by atoms with Crippen molar-refractivity contribution in [2.75, 3.05) is 19.3 Å². The summed E-state index contributed by atoms with van der Waals surface area (Å²) in [5.41, 5.74) is 0. The van der Waals surface area contributed by atoms with E-state index < -0.39 is 0 Å². The topological polar surface area (TPSA) is 12.0 Å². The van der Waals surface area contributed by atoms with E-state index >= 15 is 0 Å². The fourth-order valence-electron chi connectivity index (χ4n) is 2.69. The molecule has 0 aliphatic heterocycles. The van der Waals surface area contributed by atoms with Crippen LogP contribution in [0.4, 0.5) is 0 Å². The van der Waals surface area contributed by atoms with Crippen LogP contribution in [0.1, 0.15) is 51.4 Å². The quantitative estimate of drug-likeness (QED) is 0.698. The Bertz CT molecular complexity index is 183. The Morgan fingerprint density at radius 3 is 2.53 bits per heavy atom. The maximum absolute atomic E-state index is 3.67. The SMILES string of the molecule is CSC1(CNCCC2CCCCC2)CC1. The third-order valence-corrected chi connectivity index (χ3v) is 5.56. The number of thioether (sulfide) groups is 1. The lowest BCUT2D eigenvalue weighted by molar-refractivity contribution is 0.334. The molecular weight excluding hydrogens is 202 g/mol. The highest BCUT2D eigenvalue weighted by Gasteiger charge is 2.41. The molecule has 0 aromatic carbocycles. The van der Waals surface area contributed by atoms with E-state index in [1.54, 1.807) is 0 Å². The Morgan fingerprint density at radius 2 is 1.93 bits per heavy atom. The van der Waals surface area contributed by atoms with Gasteiger partial charge in [0.05, 0.1) is 0 Å². The molecule has 2 rings (SSSR count). The summed E-state index contributed by atoms with van der Waals surface area (Å²) in [5.74, 6) is 1.04. The second-order valence-electron chi connectivity index (χ2n) is 5.36. The zero-order valence-electron chi connectivity index (χ0n) is 10.1. The molecule has 1 nitrogen and oxygen atoms in total. The van der Waals surface area contributed by atoms with Gasteiger partial charge in [-0.25, -0.2) is 0 Å². The Kier molecular flexibility index (Phi) is 4.39. The molecule has 1 N–H and O–H groups in total. The van der Waals surface area contributed by atoms with Crippen molar-refractivity contribution in [3.63, 3.8) is 0 Å². The smallest absolute Gasteiger partial charge is 0.0282 e. The average Bonchev–Trinajstić information content (AvgIpc) is 3.07. The predicted molar refractivity (Wildman–Crippen MR) is 69.5 cm³/mol. The van der Waals surface area contributed by atoms with Crippen molar-refractivity contribution >= 4 is 11.8 Å². The van der Waals surface area contributed by atoms with Crippen LogP contribution in [-0.4, -0.2) is 24.1 Å². The lowest BCUT2D eigenvalue weighted by atomic mass is 9.87. The fraction of sp³-hybridized carbons (Fsp3) is 1.00. The Labute approximate surface area is 98.8 Å². The molecule has 0 heterocycles. The molecule has 0 atom stereocenters. The summed E-state index contributed by atoms with van der Waals surface area (Å²) >= 11 is 2.06. The molecule has 0 amide bonds. The van der Waals surface area contributed by atoms with Gasteiger partial charge in [0.15, 0.2) is 0 Å². The highest BCUT2D eigenvalue weighted by molar-refractivity contribution is 8.00. The summed E-state index contributed by atoms with van der Waals surface area (Å²) in [6, 6.07) is 0. The lowest BCUT2D eigenvalue weighted by Gasteiger charge is -2.22. The third-order valence-electron chi connectivity index (χ3n) is 4.14. The van der Waals surface area contributed by atoms with Gasteiger partial charge in [-0.15, -0.1) is 0 Å². The van der Waals surface area contributed by atoms with Crippen molar-refractivity contribution in [2.45, 2.75) is 56.1 Å². The van der Waals surface area contributed by atoms with Gasteiger partial charge in [-0.1, -0.05) is 32.1 Å². The van der Waals surface area contributed by atoms with Crippen LogP contribution < -0.4 is 5.32 Å². The van der Waals surface area contributed by atoms with Crippen molar-refractivity contribution in [1.82, 2.24) is 5.32 Å². The first-order chi connectivity index (χ1) is 7.35. The largest absolute Gasteiger partial charge is 0.315 e. The van der Waals surface area contributed by atoms with Crippen LogP contribution in [0.3, 0.4) is 0 Å². The summed E-state index contributed by atoms with van der Waals surface area (Å²) in [6.45, 7) is 2.51. The molecule has 15 heavy (non-hydrogen) atoms. The van der Waals surface area contributed by atoms with Gasteiger partial charge < -0.3 is 5.32 Å². The van der Waals surface area contributed by atoms with Gasteiger partial charge >= 0.3 is 0 Å². The molecule has 0 unspecified atom stereocenters. The Hall–Kier alpha value is 0.310. The van der Waals surface area contributed by atoms with Crippen molar-refractivity contribution < 1.29 is 0 Å². The first-order valence-electron chi connectivity index (χ1n) is 6.60. The van der Waals surface area contributed by atoms with Crippen molar-refractivity contribution in [2.24, 2.45) is 5.92 Å². The van der Waals surface area contributed by atoms with Crippen LogP contribution in [-0.2, 0) is 0 Å². The monoisotopic (exact) mass is 227 g/mol. The van der Waals surface area contributed by atoms with E-state index in [-0.39, 0.29) is 0 Å². The van der Waals surface area contributed by atoms with E-state index in [0.29, 0.717) is 4.75 Å². The number of nitrogens with one attached hydrogen (secondary N) is 1. The molecule has 2 heteroatoms. The van der Waals surface area contributed by atoms with Gasteiger partial charge in [-0.05, 0) is 38.0 Å². The summed E-state index contributed by atoms with van der Waals surface area (Å²) in [6.07, 6.45) is 14.0. The Morgan fingerprint density at radius 1 is 1.20 bits per heavy atom. The van der Waals surface area contributed by atoms with E-state index in [2.05, 4.69) is 23.3 Å². The first kappa shape index (κ1) is 11.8. The van der Waals surface area contributed by atoms with Crippen molar-refractivity contribution in [3.8, 4) is 0 Å². The minimum atomic E-state index is 0.645. The van der Waals surface area contributed by atoms with E-state index in [4.69, 9.17) is 0 Å². The van der Waals surface area contributed by atoms with Gasteiger partial charge in [-0.2, -0.15) is 11.8 Å². The average molecular weight is 227 g/mol. The molecule has 0 radical (unpaired) electrons. The van der Waals surface area contributed by atoms with Crippen LogP contribution in [0.25, 0.3) is 0 Å². The van der Waals surface area contributed by atoms with Crippen LogP contribution in [0.5, 0.6) is 0 Å². The molecule has 0 spiro atoms. The summed E-state index contributed by atoms with van der Waals surface area (Å²) in [5, 5.41) is 3.67. The normalized spacial score (nSPS) is 25.4. The van der Waals surface area contributed by atoms with Gasteiger partial charge in [0, 0.05) is 11.3 Å². The first-order valence-corrected chi connectivity index (χ1v) is 7.83. The minimum absolute atomic E-state index is 0.645. The van der Waals surface area contributed by atoms with Crippen molar-refractivity contribution in [3.05, 3.63) is 0 Å². The summed E-state index contributed by atoms with van der Waals surface area (Å²) in [7, 11) is 0. The maximum atomic E-state index is 3.67. The van der Waals surface area contributed by atoms with Gasteiger partial charge in [-0.3, -0.25) is 0 Å². The second-order valence-corrected chi connectivity index (χ2v) is 6.63. The molecule has 2 fully saturated rings. The number of rotatable bonds is 6. The Balaban J connectivity index is 1.51. The second kappa shape index (κ2) is 5.58. The fourth-order valence-corrected chi connectivity index (χ4v) is 3.45. The molecule has 2 aliphatic rings. The van der Waals surface area contributed by atoms with Gasteiger partial charge in [0.1, 0.15) is 0 Å². The number of hydrogen-bond donors (Lipinski definition) is 1. The highest BCUT2D eigenvalue weighted by atomic mass is 32.2. The molecule has 2 aliphatic carbocycles. The van der Waals surface area contributed by atoms with E-state index in [1.165, 1.54) is 64.5 Å². The van der Waals surface area contributed by atoms with Gasteiger partial charge in [0.2, 0.25) is 0 Å². The van der Waals surface area contributed by atoms with Crippen molar-refractivity contribution in [1.29, 1.82) is 0 Å². The summed E-state index contributed by atoms with van der Waals surface area (Å²) in [4.78, 5) is 0. The van der Waals surface area contributed by atoms with E-state index in [1.807, 2.05) is 0 Å². The van der Waals surface area contributed by atoms with E-state index in [9.17, 15) is 0 Å². The van der Waals surface area contributed by atoms with Crippen LogP contribution in [0.15, 0.2) is 0 Å². The lowest BCUT2D eigenvalue weighted by Crippen LogP contribution is -2.28. The molecule has 2 saturated carbocycles. The predicted octanol–water partition coefficient (Wildman–Crippen LogP) is 3.44. The van der Waals surface area contributed by atoms with Crippen LogP contribution in [0, 0.1) is 5.92 Å².